The number of hydrogen-bond acceptors (Lipinski definition) is 1. The van der Waals surface area contributed by atoms with Gasteiger partial charge in [0.15, 0.2) is 0 Å². The molecule has 1 unspecified atom stereocenters. The molecule has 0 nitrogen and oxygen atoms in total. The molecule has 1 heterocycles. The summed E-state index contributed by atoms with van der Waals surface area (Å²) in [5, 5.41) is 0. The number of benzene rings is 2. The molecule has 1 aliphatic heterocycles. The van der Waals surface area contributed by atoms with Gasteiger partial charge >= 0.3 is 0 Å². The van der Waals surface area contributed by atoms with Gasteiger partial charge in [0.2, 0.25) is 0 Å². The third kappa shape index (κ3) is 2.55. The standard InChI is InChI=1S/C21H20S/c1-15-11-12-17-14-21(22-20-10-6-5-9-18(17)20)19(15)13-16-7-3-2-4-8-16/h2-11,17H,12-14H2,1H3. The molecular weight excluding hydrogens is 284 g/mol. The second-order valence-electron chi connectivity index (χ2n) is 6.23. The van der Waals surface area contributed by atoms with Crippen LogP contribution < -0.4 is 0 Å². The van der Waals surface area contributed by atoms with E-state index in [9.17, 15) is 0 Å². The first kappa shape index (κ1) is 13.9. The zero-order valence-electron chi connectivity index (χ0n) is 12.9. The van der Waals surface area contributed by atoms with E-state index in [2.05, 4.69) is 67.6 Å². The van der Waals surface area contributed by atoms with E-state index in [1.165, 1.54) is 28.9 Å². The van der Waals surface area contributed by atoms with Crippen molar-refractivity contribution < 1.29 is 0 Å². The number of thioether (sulfide) groups is 1. The Balaban J connectivity index is 1.76. The van der Waals surface area contributed by atoms with E-state index in [1.807, 2.05) is 11.8 Å². The molecule has 0 radical (unpaired) electrons. The number of hydrogen-bond donors (Lipinski definition) is 0. The molecule has 2 aromatic carbocycles. The van der Waals surface area contributed by atoms with Crippen LogP contribution in [-0.4, -0.2) is 0 Å². The van der Waals surface area contributed by atoms with Crippen LogP contribution in [0.5, 0.6) is 0 Å². The SMILES string of the molecule is CC1=CCC2CC(=C1Cc1ccccc1)Sc1ccccc12. The van der Waals surface area contributed by atoms with Crippen molar-refractivity contribution in [3.05, 3.63) is 87.9 Å². The van der Waals surface area contributed by atoms with Crippen LogP contribution in [0.4, 0.5) is 0 Å². The quantitative estimate of drug-likeness (QED) is 0.644. The van der Waals surface area contributed by atoms with E-state index in [0.29, 0.717) is 5.92 Å². The highest BCUT2D eigenvalue weighted by Gasteiger charge is 2.27. The molecule has 2 bridgehead atoms. The van der Waals surface area contributed by atoms with E-state index >= 15 is 0 Å². The topological polar surface area (TPSA) is 0 Å². The summed E-state index contributed by atoms with van der Waals surface area (Å²) in [6.07, 6.45) is 5.89. The molecule has 0 amide bonds. The molecule has 0 N–H and O–H groups in total. The zero-order valence-corrected chi connectivity index (χ0v) is 13.7. The fraction of sp³-hybridized carbons (Fsp3) is 0.238. The van der Waals surface area contributed by atoms with E-state index in [1.54, 1.807) is 16.0 Å². The molecule has 110 valence electrons. The van der Waals surface area contributed by atoms with Crippen molar-refractivity contribution >= 4 is 11.8 Å². The molecular formula is C21H20S. The van der Waals surface area contributed by atoms with Crippen LogP contribution in [0.1, 0.15) is 36.8 Å². The number of allylic oxidation sites excluding steroid dienone is 4. The van der Waals surface area contributed by atoms with Gasteiger partial charge in [-0.3, -0.25) is 0 Å². The highest BCUT2D eigenvalue weighted by molar-refractivity contribution is 8.03. The lowest BCUT2D eigenvalue weighted by atomic mass is 9.92. The van der Waals surface area contributed by atoms with E-state index in [4.69, 9.17) is 0 Å². The highest BCUT2D eigenvalue weighted by atomic mass is 32.2. The van der Waals surface area contributed by atoms with E-state index < -0.39 is 0 Å². The molecule has 0 spiro atoms. The minimum absolute atomic E-state index is 0.663. The molecule has 2 aromatic rings. The Morgan fingerprint density at radius 2 is 1.77 bits per heavy atom. The van der Waals surface area contributed by atoms with Crippen LogP contribution >= 0.6 is 11.8 Å². The summed E-state index contributed by atoms with van der Waals surface area (Å²) in [4.78, 5) is 3.04. The number of fused-ring (bicyclic) bond motifs is 4. The fourth-order valence-corrected chi connectivity index (χ4v) is 4.92. The summed E-state index contributed by atoms with van der Waals surface area (Å²) in [6.45, 7) is 2.29. The Morgan fingerprint density at radius 1 is 1.00 bits per heavy atom. The minimum Gasteiger partial charge on any atom is -0.0939 e. The third-order valence-electron chi connectivity index (χ3n) is 4.77. The first-order valence-corrected chi connectivity index (χ1v) is 8.83. The van der Waals surface area contributed by atoms with Crippen molar-refractivity contribution in [1.82, 2.24) is 0 Å². The van der Waals surface area contributed by atoms with Crippen LogP contribution in [0.3, 0.4) is 0 Å². The average molecular weight is 304 g/mol. The first-order chi connectivity index (χ1) is 10.8. The lowest BCUT2D eigenvalue weighted by Gasteiger charge is -2.26. The van der Waals surface area contributed by atoms with Crippen LogP contribution in [0.15, 0.2) is 81.6 Å². The van der Waals surface area contributed by atoms with Crippen molar-refractivity contribution in [3.63, 3.8) is 0 Å². The van der Waals surface area contributed by atoms with Gasteiger partial charge in [-0.05, 0) is 59.8 Å². The van der Waals surface area contributed by atoms with E-state index in [-0.39, 0.29) is 0 Å². The van der Waals surface area contributed by atoms with Gasteiger partial charge in [-0.2, -0.15) is 0 Å². The van der Waals surface area contributed by atoms with Crippen molar-refractivity contribution in [3.8, 4) is 0 Å². The monoisotopic (exact) mass is 304 g/mol. The molecule has 22 heavy (non-hydrogen) atoms. The summed E-state index contributed by atoms with van der Waals surface area (Å²) in [5.41, 5.74) is 5.98. The van der Waals surface area contributed by atoms with Crippen LogP contribution in [0, 0.1) is 0 Å². The smallest absolute Gasteiger partial charge is 0.0154 e. The number of rotatable bonds is 2. The highest BCUT2D eigenvalue weighted by Crippen LogP contribution is 2.49. The van der Waals surface area contributed by atoms with Gasteiger partial charge in [-0.15, -0.1) is 0 Å². The largest absolute Gasteiger partial charge is 0.0939 e. The van der Waals surface area contributed by atoms with Crippen molar-refractivity contribution in [2.24, 2.45) is 0 Å². The molecule has 2 aliphatic rings. The summed E-state index contributed by atoms with van der Waals surface area (Å²) in [6, 6.07) is 19.8. The van der Waals surface area contributed by atoms with Gasteiger partial charge in [0.1, 0.15) is 0 Å². The normalized spacial score (nSPS) is 20.2. The lowest BCUT2D eigenvalue weighted by molar-refractivity contribution is 0.688. The molecule has 1 heteroatoms. The third-order valence-corrected chi connectivity index (χ3v) is 6.02. The van der Waals surface area contributed by atoms with Crippen LogP contribution in [-0.2, 0) is 6.42 Å². The first-order valence-electron chi connectivity index (χ1n) is 8.01. The molecule has 0 saturated carbocycles. The van der Waals surface area contributed by atoms with E-state index in [0.717, 1.165) is 6.42 Å². The van der Waals surface area contributed by atoms with Gasteiger partial charge < -0.3 is 0 Å². The Kier molecular flexibility index (Phi) is 3.67. The Morgan fingerprint density at radius 3 is 2.64 bits per heavy atom. The van der Waals surface area contributed by atoms with Gasteiger partial charge in [0.25, 0.3) is 0 Å². The zero-order chi connectivity index (χ0) is 14.9. The summed E-state index contributed by atoms with van der Waals surface area (Å²) in [7, 11) is 0. The van der Waals surface area contributed by atoms with Gasteiger partial charge in [-0.25, -0.2) is 0 Å². The second-order valence-corrected chi connectivity index (χ2v) is 7.36. The maximum atomic E-state index is 2.46. The summed E-state index contributed by atoms with van der Waals surface area (Å²) in [5.74, 6) is 0.663. The van der Waals surface area contributed by atoms with Crippen molar-refractivity contribution in [1.29, 1.82) is 0 Å². The van der Waals surface area contributed by atoms with Gasteiger partial charge in [0, 0.05) is 4.90 Å². The minimum atomic E-state index is 0.663. The summed E-state index contributed by atoms with van der Waals surface area (Å²) >= 11 is 2.00. The molecule has 4 rings (SSSR count). The molecule has 0 aromatic heterocycles. The maximum absolute atomic E-state index is 2.46. The average Bonchev–Trinajstić information content (AvgIpc) is 2.68. The molecule has 1 aliphatic carbocycles. The predicted molar refractivity (Wildman–Crippen MR) is 95.2 cm³/mol. The van der Waals surface area contributed by atoms with Crippen LogP contribution in [0.25, 0.3) is 0 Å². The van der Waals surface area contributed by atoms with Crippen molar-refractivity contribution in [2.45, 2.75) is 37.0 Å². The molecule has 1 atom stereocenters. The van der Waals surface area contributed by atoms with Gasteiger partial charge in [0.05, 0.1) is 0 Å². The molecule has 0 fully saturated rings. The Labute approximate surface area is 137 Å². The summed E-state index contributed by atoms with van der Waals surface area (Å²) < 4.78 is 0. The second kappa shape index (κ2) is 5.81. The lowest BCUT2D eigenvalue weighted by Crippen LogP contribution is -2.06. The predicted octanol–water partition coefficient (Wildman–Crippen LogP) is 6.11. The maximum Gasteiger partial charge on any atom is 0.0154 e. The van der Waals surface area contributed by atoms with Crippen LogP contribution in [0.2, 0.25) is 0 Å². The van der Waals surface area contributed by atoms with Gasteiger partial charge in [-0.1, -0.05) is 71.9 Å². The Bertz CT molecular complexity index is 752. The van der Waals surface area contributed by atoms with Crippen molar-refractivity contribution in [2.75, 3.05) is 0 Å². The fourth-order valence-electron chi connectivity index (χ4n) is 3.51. The Hall–Kier alpha value is -1.73. The molecule has 0 saturated heterocycles.